The predicted octanol–water partition coefficient (Wildman–Crippen LogP) is 0.534. The lowest BCUT2D eigenvalue weighted by molar-refractivity contribution is -0.162. The Morgan fingerprint density at radius 2 is 2.11 bits per heavy atom. The van der Waals surface area contributed by atoms with Gasteiger partial charge in [-0.25, -0.2) is 0 Å². The summed E-state index contributed by atoms with van der Waals surface area (Å²) in [4.78, 5) is 22.8. The van der Waals surface area contributed by atoms with Crippen LogP contribution in [0.3, 0.4) is 0 Å². The van der Waals surface area contributed by atoms with Gasteiger partial charge in [0.1, 0.15) is 0 Å². The third-order valence-corrected chi connectivity index (χ3v) is 2.95. The van der Waals surface area contributed by atoms with E-state index in [-0.39, 0.29) is 5.91 Å². The van der Waals surface area contributed by atoms with Crippen LogP contribution in [0.2, 0.25) is 0 Å². The number of nitrogens with one attached hydrogen (secondary N) is 2. The fourth-order valence-electron chi connectivity index (χ4n) is 1.78. The summed E-state index contributed by atoms with van der Waals surface area (Å²) in [6.45, 7) is 1.30. The van der Waals surface area contributed by atoms with E-state index in [0.29, 0.717) is 11.4 Å². The molecule has 1 aliphatic heterocycles. The monoisotopic (exact) mass is 278 g/mol. The zero-order valence-electron chi connectivity index (χ0n) is 10.4. The first-order valence-electron chi connectivity index (χ1n) is 5.87. The predicted molar refractivity (Wildman–Crippen MR) is 73.4 cm³/mol. The van der Waals surface area contributed by atoms with Crippen molar-refractivity contribution in [2.75, 3.05) is 0 Å². The molecule has 19 heavy (non-hydrogen) atoms. The number of carbonyl (C=O) groups is 2. The molecule has 1 amide bonds. The van der Waals surface area contributed by atoms with Gasteiger partial charge in [0.25, 0.3) is 5.91 Å². The van der Waals surface area contributed by atoms with Gasteiger partial charge in [0.05, 0.1) is 4.99 Å². The molecule has 0 bridgehead atoms. The van der Waals surface area contributed by atoms with E-state index < -0.39 is 18.2 Å². The minimum absolute atomic E-state index is 0.221. The molecule has 0 spiro atoms. The SMILES string of the molecule is CC(=O)O[C@@H]1NC(=O)[C@H]1NC(=S)Cc1ccccc1. The van der Waals surface area contributed by atoms with Crippen molar-refractivity contribution in [2.45, 2.75) is 25.6 Å². The maximum absolute atomic E-state index is 11.4. The van der Waals surface area contributed by atoms with Crippen LogP contribution in [-0.4, -0.2) is 29.1 Å². The molecule has 5 nitrogen and oxygen atoms in total. The van der Waals surface area contributed by atoms with Crippen molar-refractivity contribution in [3.63, 3.8) is 0 Å². The lowest BCUT2D eigenvalue weighted by atomic mass is 10.1. The average Bonchev–Trinajstić information content (AvgIpc) is 2.36. The maximum Gasteiger partial charge on any atom is 0.304 e. The van der Waals surface area contributed by atoms with Crippen molar-refractivity contribution in [3.05, 3.63) is 35.9 Å². The van der Waals surface area contributed by atoms with Gasteiger partial charge in [-0.15, -0.1) is 0 Å². The molecular formula is C13H14N2O3S. The molecule has 2 N–H and O–H groups in total. The van der Waals surface area contributed by atoms with Gasteiger partial charge >= 0.3 is 5.97 Å². The van der Waals surface area contributed by atoms with E-state index in [4.69, 9.17) is 17.0 Å². The molecule has 0 unspecified atom stereocenters. The highest BCUT2D eigenvalue weighted by Crippen LogP contribution is 2.09. The molecule has 1 heterocycles. The number of benzene rings is 1. The summed E-state index contributed by atoms with van der Waals surface area (Å²) in [6, 6.07) is 9.10. The van der Waals surface area contributed by atoms with Crippen molar-refractivity contribution in [1.29, 1.82) is 0 Å². The Bertz CT molecular complexity index is 504. The number of hydrogen-bond acceptors (Lipinski definition) is 4. The van der Waals surface area contributed by atoms with Gasteiger partial charge in [-0.3, -0.25) is 9.59 Å². The van der Waals surface area contributed by atoms with Crippen LogP contribution in [-0.2, 0) is 20.7 Å². The van der Waals surface area contributed by atoms with Crippen LogP contribution in [0.15, 0.2) is 30.3 Å². The Hall–Kier alpha value is -1.95. The summed E-state index contributed by atoms with van der Waals surface area (Å²) in [7, 11) is 0. The summed E-state index contributed by atoms with van der Waals surface area (Å²) in [5.74, 6) is -0.660. The van der Waals surface area contributed by atoms with Crippen LogP contribution in [0.5, 0.6) is 0 Å². The Morgan fingerprint density at radius 1 is 1.42 bits per heavy atom. The summed E-state index contributed by atoms with van der Waals surface area (Å²) in [5.41, 5.74) is 1.06. The Balaban J connectivity index is 1.88. The lowest BCUT2D eigenvalue weighted by Gasteiger charge is -2.36. The van der Waals surface area contributed by atoms with E-state index in [0.717, 1.165) is 5.56 Å². The topological polar surface area (TPSA) is 67.4 Å². The number of ether oxygens (including phenoxy) is 1. The molecule has 100 valence electrons. The smallest absolute Gasteiger partial charge is 0.304 e. The van der Waals surface area contributed by atoms with Crippen LogP contribution in [0, 0.1) is 0 Å². The van der Waals surface area contributed by atoms with Crippen molar-refractivity contribution in [1.82, 2.24) is 10.6 Å². The first kappa shape index (κ1) is 13.5. The van der Waals surface area contributed by atoms with Gasteiger partial charge in [0.2, 0.25) is 6.23 Å². The summed E-state index contributed by atoms with van der Waals surface area (Å²) < 4.78 is 4.93. The van der Waals surface area contributed by atoms with E-state index in [1.807, 2.05) is 30.3 Å². The molecule has 2 rings (SSSR count). The number of thiocarbonyl (C=S) groups is 1. The second kappa shape index (κ2) is 5.79. The van der Waals surface area contributed by atoms with E-state index in [9.17, 15) is 9.59 Å². The molecule has 0 aliphatic carbocycles. The largest absolute Gasteiger partial charge is 0.439 e. The minimum atomic E-state index is -0.640. The van der Waals surface area contributed by atoms with Gasteiger partial charge in [-0.2, -0.15) is 0 Å². The van der Waals surface area contributed by atoms with E-state index in [1.165, 1.54) is 6.92 Å². The molecular weight excluding hydrogens is 264 g/mol. The third kappa shape index (κ3) is 3.51. The number of rotatable bonds is 4. The van der Waals surface area contributed by atoms with E-state index in [1.54, 1.807) is 0 Å². The number of esters is 1. The van der Waals surface area contributed by atoms with Gasteiger partial charge in [-0.1, -0.05) is 42.5 Å². The van der Waals surface area contributed by atoms with E-state index in [2.05, 4.69) is 10.6 Å². The second-order valence-electron chi connectivity index (χ2n) is 4.25. The summed E-state index contributed by atoms with van der Waals surface area (Å²) in [5, 5.41) is 5.40. The minimum Gasteiger partial charge on any atom is -0.439 e. The quantitative estimate of drug-likeness (QED) is 0.478. The highest BCUT2D eigenvalue weighted by atomic mass is 32.1. The number of amides is 1. The van der Waals surface area contributed by atoms with Crippen LogP contribution in [0.1, 0.15) is 12.5 Å². The molecule has 1 saturated heterocycles. The van der Waals surface area contributed by atoms with E-state index >= 15 is 0 Å². The normalized spacial score (nSPS) is 21.0. The molecule has 1 aromatic rings. The number of carbonyl (C=O) groups excluding carboxylic acids is 2. The summed E-state index contributed by atoms with van der Waals surface area (Å²) >= 11 is 5.20. The van der Waals surface area contributed by atoms with Crippen LogP contribution < -0.4 is 10.6 Å². The number of β-lactam (4-membered cyclic amide) rings is 1. The molecule has 1 aromatic carbocycles. The zero-order valence-corrected chi connectivity index (χ0v) is 11.2. The van der Waals surface area contributed by atoms with Crippen LogP contribution in [0.4, 0.5) is 0 Å². The summed E-state index contributed by atoms with van der Waals surface area (Å²) in [6.07, 6.45) is -0.0917. The standard InChI is InChI=1S/C13H14N2O3S/c1-8(16)18-13-11(12(17)15-13)14-10(19)7-9-5-3-2-4-6-9/h2-6,11,13H,7H2,1H3,(H,14,19)(H,15,17)/t11-,13+/m1/s1. The number of hydrogen-bond donors (Lipinski definition) is 2. The Morgan fingerprint density at radius 3 is 2.68 bits per heavy atom. The van der Waals surface area contributed by atoms with Gasteiger partial charge in [0, 0.05) is 13.3 Å². The zero-order chi connectivity index (χ0) is 13.8. The van der Waals surface area contributed by atoms with Crippen molar-refractivity contribution in [2.24, 2.45) is 0 Å². The molecule has 6 heteroatoms. The van der Waals surface area contributed by atoms with Crippen molar-refractivity contribution in [3.8, 4) is 0 Å². The molecule has 0 saturated carbocycles. The molecule has 0 aromatic heterocycles. The first-order chi connectivity index (χ1) is 9.06. The van der Waals surface area contributed by atoms with Crippen molar-refractivity contribution < 1.29 is 14.3 Å². The molecule has 1 aliphatic rings. The fraction of sp³-hybridized carbons (Fsp3) is 0.308. The van der Waals surface area contributed by atoms with Gasteiger partial charge in [0.15, 0.2) is 6.04 Å². The highest BCUT2D eigenvalue weighted by Gasteiger charge is 2.42. The first-order valence-corrected chi connectivity index (χ1v) is 6.28. The Labute approximate surface area is 116 Å². The average molecular weight is 278 g/mol. The molecule has 2 atom stereocenters. The lowest BCUT2D eigenvalue weighted by Crippen LogP contribution is -2.70. The molecule has 0 radical (unpaired) electrons. The maximum atomic E-state index is 11.4. The fourth-order valence-corrected chi connectivity index (χ4v) is 2.07. The Kier molecular flexibility index (Phi) is 4.11. The van der Waals surface area contributed by atoms with Crippen LogP contribution in [0.25, 0.3) is 0 Å². The highest BCUT2D eigenvalue weighted by molar-refractivity contribution is 7.80. The van der Waals surface area contributed by atoms with Crippen LogP contribution >= 0.6 is 12.2 Å². The third-order valence-electron chi connectivity index (χ3n) is 2.69. The second-order valence-corrected chi connectivity index (χ2v) is 4.74. The van der Waals surface area contributed by atoms with Crippen molar-refractivity contribution >= 4 is 29.1 Å². The van der Waals surface area contributed by atoms with Gasteiger partial charge in [-0.05, 0) is 5.56 Å². The van der Waals surface area contributed by atoms with Gasteiger partial charge < -0.3 is 15.4 Å². The molecule has 1 fully saturated rings.